The Bertz CT molecular complexity index is 299. The number of nitrogen functional groups attached to an aromatic ring is 1. The molecule has 1 aromatic rings. The Kier molecular flexibility index (Phi) is 3.18. The van der Waals surface area contributed by atoms with Gasteiger partial charge in [-0.15, -0.1) is 0 Å². The molecule has 3 nitrogen and oxygen atoms in total. The molecule has 1 rings (SSSR count). The lowest BCUT2D eigenvalue weighted by molar-refractivity contribution is 1.05. The largest absolute Gasteiger partial charge is 0.381 e. The van der Waals surface area contributed by atoms with Gasteiger partial charge in [0, 0.05) is 17.4 Å². The van der Waals surface area contributed by atoms with Crippen LogP contribution in [0, 0.1) is 18.8 Å². The average Bonchev–Trinajstić information content (AvgIpc) is 2.35. The number of halogens is 1. The molecule has 1 aromatic heterocycles. The fourth-order valence-corrected chi connectivity index (χ4v) is 1.00. The number of anilines is 1. The smallest absolute Gasteiger partial charge is 0.161 e. The van der Waals surface area contributed by atoms with Gasteiger partial charge in [0.05, 0.1) is 5.56 Å². The topological polar surface area (TPSA) is 54.7 Å². The summed E-state index contributed by atoms with van der Waals surface area (Å²) in [6.45, 7) is 1.90. The Morgan fingerprint density at radius 1 is 1.67 bits per heavy atom. The van der Waals surface area contributed by atoms with Crippen LogP contribution in [-0.4, -0.2) is 15.5 Å². The Morgan fingerprint density at radius 2 is 2.42 bits per heavy atom. The zero-order valence-electron chi connectivity index (χ0n) is 6.82. The number of hydrogen-bond donors (Lipinski definition) is 2. The molecule has 0 radical (unpaired) electrons. The van der Waals surface area contributed by atoms with Gasteiger partial charge in [-0.25, -0.2) is 0 Å². The lowest BCUT2D eigenvalue weighted by Crippen LogP contribution is -1.87. The maximum Gasteiger partial charge on any atom is 0.161 e. The van der Waals surface area contributed by atoms with Crippen molar-refractivity contribution in [3.63, 3.8) is 0 Å². The number of nitrogens with one attached hydrogen (secondary N) is 1. The first-order valence-electron chi connectivity index (χ1n) is 3.61. The fraction of sp³-hybridized carbons (Fsp3) is 0.375. The monoisotopic (exact) mass is 227 g/mol. The molecular formula is C8H10BrN3. The molecule has 0 atom stereocenters. The van der Waals surface area contributed by atoms with E-state index in [0.29, 0.717) is 5.82 Å². The minimum atomic E-state index is 0.481. The first-order valence-corrected chi connectivity index (χ1v) is 4.73. The molecule has 0 aliphatic heterocycles. The van der Waals surface area contributed by atoms with Crippen molar-refractivity contribution >= 4 is 21.7 Å². The third kappa shape index (κ3) is 2.02. The van der Waals surface area contributed by atoms with Crippen LogP contribution in [0.3, 0.4) is 0 Å². The van der Waals surface area contributed by atoms with E-state index in [9.17, 15) is 0 Å². The molecule has 64 valence electrons. The molecule has 0 aliphatic carbocycles. The third-order valence-electron chi connectivity index (χ3n) is 1.41. The molecule has 0 aliphatic rings. The Hall–Kier alpha value is -0.950. The van der Waals surface area contributed by atoms with Crippen molar-refractivity contribution in [3.05, 3.63) is 11.3 Å². The SMILES string of the molecule is Cc1[nH]nc(N)c1C#CCCBr. The highest BCUT2D eigenvalue weighted by atomic mass is 79.9. The standard InChI is InChI=1S/C8H10BrN3/c1-6-7(4-2-3-5-9)8(10)12-11-6/h3,5H2,1H3,(H3,10,11,12). The highest BCUT2D eigenvalue weighted by molar-refractivity contribution is 9.09. The van der Waals surface area contributed by atoms with E-state index in [2.05, 4.69) is 38.0 Å². The highest BCUT2D eigenvalue weighted by Gasteiger charge is 2.01. The predicted molar refractivity (Wildman–Crippen MR) is 53.0 cm³/mol. The van der Waals surface area contributed by atoms with E-state index >= 15 is 0 Å². The van der Waals surface area contributed by atoms with E-state index in [1.165, 1.54) is 0 Å². The Labute approximate surface area is 79.9 Å². The van der Waals surface area contributed by atoms with Crippen molar-refractivity contribution in [1.82, 2.24) is 10.2 Å². The minimum Gasteiger partial charge on any atom is -0.381 e. The van der Waals surface area contributed by atoms with Crippen LogP contribution in [0.15, 0.2) is 0 Å². The van der Waals surface area contributed by atoms with Crippen LogP contribution in [0.25, 0.3) is 0 Å². The summed E-state index contributed by atoms with van der Waals surface area (Å²) in [5.41, 5.74) is 7.31. The van der Waals surface area contributed by atoms with Gasteiger partial charge in [-0.1, -0.05) is 27.8 Å². The number of H-pyrrole nitrogens is 1. The quantitative estimate of drug-likeness (QED) is 0.564. The molecule has 0 saturated heterocycles. The van der Waals surface area contributed by atoms with Crippen molar-refractivity contribution in [1.29, 1.82) is 0 Å². The number of rotatable bonds is 1. The summed E-state index contributed by atoms with van der Waals surface area (Å²) in [5.74, 6) is 6.43. The van der Waals surface area contributed by atoms with E-state index in [-0.39, 0.29) is 0 Å². The van der Waals surface area contributed by atoms with Crippen LogP contribution < -0.4 is 5.73 Å². The normalized spacial score (nSPS) is 9.17. The van der Waals surface area contributed by atoms with Crippen molar-refractivity contribution in [3.8, 4) is 11.8 Å². The molecular weight excluding hydrogens is 218 g/mol. The third-order valence-corrected chi connectivity index (χ3v) is 1.80. The summed E-state index contributed by atoms with van der Waals surface area (Å²) in [4.78, 5) is 0. The van der Waals surface area contributed by atoms with Gasteiger partial charge in [0.25, 0.3) is 0 Å². The fourth-order valence-electron chi connectivity index (χ4n) is 0.804. The molecule has 3 N–H and O–H groups in total. The van der Waals surface area contributed by atoms with Crippen LogP contribution in [0.5, 0.6) is 0 Å². The van der Waals surface area contributed by atoms with Gasteiger partial charge in [0.2, 0.25) is 0 Å². The molecule has 0 spiro atoms. The van der Waals surface area contributed by atoms with Crippen molar-refractivity contribution in [2.75, 3.05) is 11.1 Å². The van der Waals surface area contributed by atoms with Crippen molar-refractivity contribution in [2.24, 2.45) is 0 Å². The highest BCUT2D eigenvalue weighted by Crippen LogP contribution is 2.09. The van der Waals surface area contributed by atoms with E-state index in [0.717, 1.165) is 23.0 Å². The van der Waals surface area contributed by atoms with Crippen molar-refractivity contribution < 1.29 is 0 Å². The summed E-state index contributed by atoms with van der Waals surface area (Å²) in [5, 5.41) is 7.49. The molecule has 0 saturated carbocycles. The second kappa shape index (κ2) is 4.17. The zero-order chi connectivity index (χ0) is 8.97. The van der Waals surface area contributed by atoms with E-state index in [1.54, 1.807) is 0 Å². The molecule has 0 aromatic carbocycles. The molecule has 0 amide bonds. The molecule has 0 bridgehead atoms. The van der Waals surface area contributed by atoms with E-state index < -0.39 is 0 Å². The Balaban J connectivity index is 2.82. The number of aryl methyl sites for hydroxylation is 1. The number of aromatic amines is 1. The summed E-state index contributed by atoms with van der Waals surface area (Å²) in [6.07, 6.45) is 0.823. The second-order valence-electron chi connectivity index (χ2n) is 2.35. The maximum absolute atomic E-state index is 5.57. The van der Waals surface area contributed by atoms with Crippen LogP contribution in [0.1, 0.15) is 17.7 Å². The average molecular weight is 228 g/mol. The lowest BCUT2D eigenvalue weighted by Gasteiger charge is -1.86. The Morgan fingerprint density at radius 3 is 2.92 bits per heavy atom. The summed E-state index contributed by atoms with van der Waals surface area (Å²) in [7, 11) is 0. The van der Waals surface area contributed by atoms with E-state index in [1.807, 2.05) is 6.92 Å². The van der Waals surface area contributed by atoms with Gasteiger partial charge in [-0.3, -0.25) is 5.10 Å². The predicted octanol–water partition coefficient (Wildman–Crippen LogP) is 1.44. The van der Waals surface area contributed by atoms with Crippen LogP contribution >= 0.6 is 15.9 Å². The van der Waals surface area contributed by atoms with Gasteiger partial charge in [0.15, 0.2) is 5.82 Å². The summed E-state index contributed by atoms with van der Waals surface area (Å²) >= 11 is 3.29. The van der Waals surface area contributed by atoms with Gasteiger partial charge in [-0.2, -0.15) is 5.10 Å². The first kappa shape index (κ1) is 9.14. The van der Waals surface area contributed by atoms with Gasteiger partial charge >= 0.3 is 0 Å². The van der Waals surface area contributed by atoms with Gasteiger partial charge < -0.3 is 5.73 Å². The molecule has 0 fully saturated rings. The first-order chi connectivity index (χ1) is 5.75. The maximum atomic E-state index is 5.57. The lowest BCUT2D eigenvalue weighted by atomic mass is 10.2. The second-order valence-corrected chi connectivity index (χ2v) is 3.14. The van der Waals surface area contributed by atoms with Crippen LogP contribution in [0.4, 0.5) is 5.82 Å². The number of nitrogens with two attached hydrogens (primary N) is 1. The molecule has 0 unspecified atom stereocenters. The van der Waals surface area contributed by atoms with Gasteiger partial charge in [-0.05, 0) is 6.92 Å². The number of nitrogens with zero attached hydrogens (tertiary/aromatic N) is 1. The van der Waals surface area contributed by atoms with Crippen LogP contribution in [0.2, 0.25) is 0 Å². The summed E-state index contributed by atoms with van der Waals surface area (Å²) < 4.78 is 0. The van der Waals surface area contributed by atoms with Crippen LogP contribution in [-0.2, 0) is 0 Å². The van der Waals surface area contributed by atoms with Crippen molar-refractivity contribution in [2.45, 2.75) is 13.3 Å². The number of hydrogen-bond acceptors (Lipinski definition) is 2. The minimum absolute atomic E-state index is 0.481. The summed E-state index contributed by atoms with van der Waals surface area (Å²) in [6, 6.07) is 0. The molecule has 4 heteroatoms. The zero-order valence-corrected chi connectivity index (χ0v) is 8.40. The molecule has 12 heavy (non-hydrogen) atoms. The number of aromatic nitrogens is 2. The number of alkyl halides is 1. The molecule has 1 heterocycles. The van der Waals surface area contributed by atoms with Gasteiger partial charge in [0.1, 0.15) is 0 Å². The van der Waals surface area contributed by atoms with E-state index in [4.69, 9.17) is 5.73 Å².